The van der Waals surface area contributed by atoms with E-state index in [1.807, 2.05) is 25.1 Å². The summed E-state index contributed by atoms with van der Waals surface area (Å²) < 4.78 is 0. The minimum absolute atomic E-state index is 0.393. The second-order valence-corrected chi connectivity index (χ2v) is 3.99. The van der Waals surface area contributed by atoms with Gasteiger partial charge in [-0.3, -0.25) is 4.98 Å². The predicted octanol–water partition coefficient (Wildman–Crippen LogP) is 2.37. The van der Waals surface area contributed by atoms with Gasteiger partial charge >= 0.3 is 0 Å². The molecule has 0 amide bonds. The van der Waals surface area contributed by atoms with Gasteiger partial charge in [0.25, 0.3) is 0 Å². The first-order valence-electron chi connectivity index (χ1n) is 5.46. The summed E-state index contributed by atoms with van der Waals surface area (Å²) in [5.74, 6) is 0. The van der Waals surface area contributed by atoms with Crippen LogP contribution in [-0.2, 0) is 0 Å². The summed E-state index contributed by atoms with van der Waals surface area (Å²) in [6.07, 6.45) is 6.08. The van der Waals surface area contributed by atoms with E-state index >= 15 is 0 Å². The van der Waals surface area contributed by atoms with E-state index < -0.39 is 6.10 Å². The van der Waals surface area contributed by atoms with Gasteiger partial charge in [-0.2, -0.15) is 0 Å². The molecule has 0 aromatic carbocycles. The van der Waals surface area contributed by atoms with Crippen molar-refractivity contribution in [1.82, 2.24) is 4.98 Å². The molecule has 0 radical (unpaired) electrons. The lowest BCUT2D eigenvalue weighted by molar-refractivity contribution is 0.164. The number of aliphatic hydroxyl groups excluding tert-OH is 1. The third-order valence-electron chi connectivity index (χ3n) is 2.50. The summed E-state index contributed by atoms with van der Waals surface area (Å²) in [6, 6.07) is 1.94. The van der Waals surface area contributed by atoms with Gasteiger partial charge in [0, 0.05) is 37.7 Å². The van der Waals surface area contributed by atoms with Crippen LogP contribution in [0.2, 0.25) is 0 Å². The molecule has 15 heavy (non-hydrogen) atoms. The first-order valence-corrected chi connectivity index (χ1v) is 5.46. The second kappa shape index (κ2) is 5.71. The van der Waals surface area contributed by atoms with E-state index in [4.69, 9.17) is 0 Å². The molecule has 1 aromatic heterocycles. The summed E-state index contributed by atoms with van der Waals surface area (Å²) in [4.78, 5) is 6.08. The fraction of sp³-hybridized carbons (Fsp3) is 0.583. The molecule has 0 unspecified atom stereocenters. The van der Waals surface area contributed by atoms with Crippen molar-refractivity contribution in [2.45, 2.75) is 32.3 Å². The SMILES string of the molecule is CCCC[C@H](O)c1cnccc1N(C)C. The first-order chi connectivity index (χ1) is 7.16. The van der Waals surface area contributed by atoms with E-state index in [1.54, 1.807) is 12.4 Å². The van der Waals surface area contributed by atoms with Gasteiger partial charge in [0.1, 0.15) is 0 Å². The highest BCUT2D eigenvalue weighted by atomic mass is 16.3. The normalized spacial score (nSPS) is 12.5. The predicted molar refractivity (Wildman–Crippen MR) is 63.0 cm³/mol. The first kappa shape index (κ1) is 12.0. The van der Waals surface area contributed by atoms with Crippen molar-refractivity contribution in [3.8, 4) is 0 Å². The Bertz CT molecular complexity index is 299. The van der Waals surface area contributed by atoms with Crippen LogP contribution in [0, 0.1) is 0 Å². The van der Waals surface area contributed by atoms with Gasteiger partial charge in [-0.05, 0) is 12.5 Å². The van der Waals surface area contributed by atoms with Gasteiger partial charge in [0.15, 0.2) is 0 Å². The Balaban J connectivity index is 2.82. The van der Waals surface area contributed by atoms with Crippen LogP contribution >= 0.6 is 0 Å². The Morgan fingerprint density at radius 1 is 1.47 bits per heavy atom. The molecule has 1 atom stereocenters. The second-order valence-electron chi connectivity index (χ2n) is 3.99. The summed E-state index contributed by atoms with van der Waals surface area (Å²) in [5.41, 5.74) is 1.98. The lowest BCUT2D eigenvalue weighted by Gasteiger charge is -2.20. The van der Waals surface area contributed by atoms with Gasteiger partial charge in [-0.25, -0.2) is 0 Å². The van der Waals surface area contributed by atoms with Gasteiger partial charge < -0.3 is 10.0 Å². The smallest absolute Gasteiger partial charge is 0.0825 e. The largest absolute Gasteiger partial charge is 0.388 e. The number of pyridine rings is 1. The average Bonchev–Trinajstić information content (AvgIpc) is 2.25. The summed E-state index contributed by atoms with van der Waals surface area (Å²) in [5, 5.41) is 10.0. The van der Waals surface area contributed by atoms with Crippen molar-refractivity contribution in [2.75, 3.05) is 19.0 Å². The van der Waals surface area contributed by atoms with Gasteiger partial charge in [-0.15, -0.1) is 0 Å². The molecule has 0 aliphatic heterocycles. The maximum atomic E-state index is 10.0. The fourth-order valence-electron chi connectivity index (χ4n) is 1.62. The molecule has 0 aliphatic rings. The zero-order chi connectivity index (χ0) is 11.3. The number of anilines is 1. The lowest BCUT2D eigenvalue weighted by Crippen LogP contribution is -2.13. The van der Waals surface area contributed by atoms with Crippen LogP contribution in [0.25, 0.3) is 0 Å². The molecule has 3 heteroatoms. The summed E-state index contributed by atoms with van der Waals surface area (Å²) in [6.45, 7) is 2.13. The quantitative estimate of drug-likeness (QED) is 0.807. The third kappa shape index (κ3) is 3.20. The zero-order valence-corrected chi connectivity index (χ0v) is 9.77. The molecule has 0 bridgehead atoms. The number of unbranched alkanes of at least 4 members (excludes halogenated alkanes) is 1. The molecule has 1 rings (SSSR count). The number of hydrogen-bond acceptors (Lipinski definition) is 3. The molecule has 84 valence electrons. The van der Waals surface area contributed by atoms with E-state index in [9.17, 15) is 5.11 Å². The number of aliphatic hydroxyl groups is 1. The van der Waals surface area contributed by atoms with Crippen LogP contribution in [0.3, 0.4) is 0 Å². The Morgan fingerprint density at radius 2 is 2.20 bits per heavy atom. The molecule has 0 saturated carbocycles. The van der Waals surface area contributed by atoms with Crippen molar-refractivity contribution >= 4 is 5.69 Å². The standard InChI is InChI=1S/C12H20N2O/c1-4-5-6-12(15)10-9-13-8-7-11(10)14(2)3/h7-9,12,15H,4-6H2,1-3H3/t12-/m0/s1. The molecule has 0 saturated heterocycles. The lowest BCUT2D eigenvalue weighted by atomic mass is 10.0. The molecule has 0 spiro atoms. The van der Waals surface area contributed by atoms with Crippen molar-refractivity contribution in [3.05, 3.63) is 24.0 Å². The Morgan fingerprint density at radius 3 is 2.80 bits per heavy atom. The maximum absolute atomic E-state index is 10.0. The highest BCUT2D eigenvalue weighted by molar-refractivity contribution is 5.51. The van der Waals surface area contributed by atoms with Crippen LogP contribution < -0.4 is 4.90 Å². The molecule has 0 aliphatic carbocycles. The van der Waals surface area contributed by atoms with E-state index in [0.29, 0.717) is 0 Å². The topological polar surface area (TPSA) is 36.4 Å². The number of hydrogen-bond donors (Lipinski definition) is 1. The number of nitrogens with zero attached hydrogens (tertiary/aromatic N) is 2. The van der Waals surface area contributed by atoms with Crippen molar-refractivity contribution in [2.24, 2.45) is 0 Å². The minimum Gasteiger partial charge on any atom is -0.388 e. The number of rotatable bonds is 5. The molecule has 1 aromatic rings. The maximum Gasteiger partial charge on any atom is 0.0825 e. The Labute approximate surface area is 91.8 Å². The van der Waals surface area contributed by atoms with Crippen molar-refractivity contribution in [1.29, 1.82) is 0 Å². The Kier molecular flexibility index (Phi) is 4.56. The van der Waals surface area contributed by atoms with Gasteiger partial charge in [0.05, 0.1) is 6.10 Å². The van der Waals surface area contributed by atoms with Crippen LogP contribution in [0.15, 0.2) is 18.5 Å². The molecule has 1 N–H and O–H groups in total. The van der Waals surface area contributed by atoms with E-state index in [0.717, 1.165) is 30.5 Å². The van der Waals surface area contributed by atoms with Crippen molar-refractivity contribution in [3.63, 3.8) is 0 Å². The fourth-order valence-corrected chi connectivity index (χ4v) is 1.62. The average molecular weight is 208 g/mol. The van der Waals surface area contributed by atoms with Crippen LogP contribution in [0.5, 0.6) is 0 Å². The minimum atomic E-state index is -0.393. The summed E-state index contributed by atoms with van der Waals surface area (Å²) in [7, 11) is 3.96. The molecule has 1 heterocycles. The zero-order valence-electron chi connectivity index (χ0n) is 9.77. The molecular weight excluding hydrogens is 188 g/mol. The Hall–Kier alpha value is -1.09. The van der Waals surface area contributed by atoms with E-state index in [1.165, 1.54) is 0 Å². The van der Waals surface area contributed by atoms with E-state index in [-0.39, 0.29) is 0 Å². The highest BCUT2D eigenvalue weighted by Crippen LogP contribution is 2.27. The molecule has 0 fully saturated rings. The number of aromatic nitrogens is 1. The monoisotopic (exact) mass is 208 g/mol. The van der Waals surface area contributed by atoms with Crippen LogP contribution in [-0.4, -0.2) is 24.2 Å². The van der Waals surface area contributed by atoms with Gasteiger partial charge in [-0.1, -0.05) is 19.8 Å². The highest BCUT2D eigenvalue weighted by Gasteiger charge is 2.12. The third-order valence-corrected chi connectivity index (χ3v) is 2.50. The molecule has 3 nitrogen and oxygen atoms in total. The van der Waals surface area contributed by atoms with Crippen LogP contribution in [0.4, 0.5) is 5.69 Å². The van der Waals surface area contributed by atoms with Gasteiger partial charge in [0.2, 0.25) is 0 Å². The van der Waals surface area contributed by atoms with E-state index in [2.05, 4.69) is 11.9 Å². The molecular formula is C12H20N2O. The van der Waals surface area contributed by atoms with Crippen molar-refractivity contribution < 1.29 is 5.11 Å². The van der Waals surface area contributed by atoms with Crippen LogP contribution in [0.1, 0.15) is 37.9 Å². The summed E-state index contributed by atoms with van der Waals surface area (Å²) >= 11 is 0.